The highest BCUT2D eigenvalue weighted by Crippen LogP contribution is 2.20. The number of nitrogens with one attached hydrogen (secondary N) is 1. The predicted molar refractivity (Wildman–Crippen MR) is 78.4 cm³/mol. The molecule has 0 saturated heterocycles. The predicted octanol–water partition coefficient (Wildman–Crippen LogP) is 3.46. The van der Waals surface area contributed by atoms with E-state index >= 15 is 0 Å². The molecule has 0 amide bonds. The van der Waals surface area contributed by atoms with Crippen LogP contribution in [0, 0.1) is 12.8 Å². The molecule has 0 radical (unpaired) electrons. The largest absolute Gasteiger partial charge is 0.478 e. The van der Waals surface area contributed by atoms with Crippen molar-refractivity contribution in [1.29, 1.82) is 0 Å². The van der Waals surface area contributed by atoms with Gasteiger partial charge in [-0.05, 0) is 44.1 Å². The van der Waals surface area contributed by atoms with Crippen molar-refractivity contribution in [3.05, 3.63) is 23.4 Å². The summed E-state index contributed by atoms with van der Waals surface area (Å²) < 4.78 is 5.70. The third-order valence-corrected chi connectivity index (χ3v) is 3.50. The van der Waals surface area contributed by atoms with E-state index in [4.69, 9.17) is 4.74 Å². The summed E-state index contributed by atoms with van der Waals surface area (Å²) in [5.74, 6) is 1.51. The van der Waals surface area contributed by atoms with Gasteiger partial charge in [-0.2, -0.15) is 0 Å². The number of hydrogen-bond donors (Lipinski definition) is 1. The van der Waals surface area contributed by atoms with E-state index in [2.05, 4.69) is 37.1 Å². The molecule has 0 unspecified atom stereocenters. The number of pyridine rings is 1. The molecule has 0 atom stereocenters. The zero-order valence-electron chi connectivity index (χ0n) is 12.4. The second-order valence-electron chi connectivity index (χ2n) is 5.93. The summed E-state index contributed by atoms with van der Waals surface area (Å²) in [5, 5.41) is 3.52. The Morgan fingerprint density at radius 3 is 2.79 bits per heavy atom. The number of aryl methyl sites for hydroxylation is 1. The summed E-state index contributed by atoms with van der Waals surface area (Å²) in [6, 6.07) is 4.87. The number of hydrogen-bond acceptors (Lipinski definition) is 3. The minimum absolute atomic E-state index is 0.742. The molecule has 1 heterocycles. The number of ether oxygens (including phenoxy) is 1. The first-order valence-electron chi connectivity index (χ1n) is 7.48. The second-order valence-corrected chi connectivity index (χ2v) is 5.93. The Balaban J connectivity index is 1.76. The molecular weight excluding hydrogens is 236 g/mol. The molecule has 1 aliphatic carbocycles. The molecule has 1 aromatic rings. The first-order valence-corrected chi connectivity index (χ1v) is 7.48. The van der Waals surface area contributed by atoms with E-state index in [1.165, 1.54) is 24.8 Å². The minimum Gasteiger partial charge on any atom is -0.478 e. The molecule has 2 rings (SSSR count). The Labute approximate surface area is 116 Å². The fourth-order valence-electron chi connectivity index (χ4n) is 2.04. The van der Waals surface area contributed by atoms with Crippen LogP contribution in [0.3, 0.4) is 0 Å². The Morgan fingerprint density at radius 2 is 2.16 bits per heavy atom. The Bertz CT molecular complexity index is 400. The smallest absolute Gasteiger partial charge is 0.213 e. The van der Waals surface area contributed by atoms with Gasteiger partial charge < -0.3 is 10.1 Å². The topological polar surface area (TPSA) is 34.1 Å². The van der Waals surface area contributed by atoms with E-state index in [9.17, 15) is 0 Å². The van der Waals surface area contributed by atoms with Crippen molar-refractivity contribution in [2.24, 2.45) is 5.92 Å². The first kappa shape index (κ1) is 14.3. The molecule has 19 heavy (non-hydrogen) atoms. The van der Waals surface area contributed by atoms with Crippen LogP contribution in [0.25, 0.3) is 0 Å². The lowest BCUT2D eigenvalue weighted by atomic mass is 10.1. The number of nitrogens with zero attached hydrogens (tertiary/aromatic N) is 1. The van der Waals surface area contributed by atoms with Gasteiger partial charge in [-0.15, -0.1) is 0 Å². The number of rotatable bonds is 8. The van der Waals surface area contributed by atoms with Crippen LogP contribution in [0.5, 0.6) is 5.88 Å². The van der Waals surface area contributed by atoms with Crippen LogP contribution in [-0.2, 0) is 6.54 Å². The molecule has 3 nitrogen and oxygen atoms in total. The lowest BCUT2D eigenvalue weighted by Gasteiger charge is -2.10. The Morgan fingerprint density at radius 1 is 1.37 bits per heavy atom. The van der Waals surface area contributed by atoms with Crippen LogP contribution in [0.1, 0.15) is 50.8 Å². The van der Waals surface area contributed by atoms with Gasteiger partial charge in [0, 0.05) is 24.3 Å². The van der Waals surface area contributed by atoms with Gasteiger partial charge in [-0.3, -0.25) is 0 Å². The summed E-state index contributed by atoms with van der Waals surface area (Å²) in [4.78, 5) is 4.53. The highest BCUT2D eigenvalue weighted by Gasteiger charge is 2.20. The molecule has 0 bridgehead atoms. The quantitative estimate of drug-likeness (QED) is 0.729. The van der Waals surface area contributed by atoms with Gasteiger partial charge in [-0.25, -0.2) is 4.98 Å². The van der Waals surface area contributed by atoms with Crippen molar-refractivity contribution in [3.63, 3.8) is 0 Å². The van der Waals surface area contributed by atoms with E-state index in [0.29, 0.717) is 0 Å². The summed E-state index contributed by atoms with van der Waals surface area (Å²) in [6.07, 6.45) is 4.96. The van der Waals surface area contributed by atoms with Crippen LogP contribution in [0.4, 0.5) is 0 Å². The highest BCUT2D eigenvalue weighted by molar-refractivity contribution is 5.25. The minimum atomic E-state index is 0.742. The molecule has 1 aromatic heterocycles. The van der Waals surface area contributed by atoms with E-state index in [0.717, 1.165) is 43.1 Å². The zero-order valence-corrected chi connectivity index (χ0v) is 12.4. The van der Waals surface area contributed by atoms with E-state index in [1.807, 2.05) is 6.07 Å². The molecule has 1 saturated carbocycles. The molecule has 0 aliphatic heterocycles. The van der Waals surface area contributed by atoms with E-state index in [-0.39, 0.29) is 0 Å². The van der Waals surface area contributed by atoms with Crippen LogP contribution < -0.4 is 10.1 Å². The standard InChI is InChI=1S/C16H26N2O/c1-12(2)5-4-10-19-16-9-6-14(13(3)18-16)11-17-15-7-8-15/h6,9,12,15,17H,4-5,7-8,10-11H2,1-3H3. The SMILES string of the molecule is Cc1nc(OCCCC(C)C)ccc1CNC1CC1. The molecule has 1 aliphatic rings. The monoisotopic (exact) mass is 262 g/mol. The van der Waals surface area contributed by atoms with E-state index in [1.54, 1.807) is 0 Å². The summed E-state index contributed by atoms with van der Waals surface area (Å²) in [7, 11) is 0. The van der Waals surface area contributed by atoms with Crippen molar-refractivity contribution in [3.8, 4) is 5.88 Å². The van der Waals surface area contributed by atoms with Gasteiger partial charge in [0.2, 0.25) is 5.88 Å². The maximum Gasteiger partial charge on any atom is 0.213 e. The van der Waals surface area contributed by atoms with Crippen molar-refractivity contribution >= 4 is 0 Å². The van der Waals surface area contributed by atoms with Crippen molar-refractivity contribution in [2.75, 3.05) is 6.61 Å². The Kier molecular flexibility index (Phi) is 5.20. The van der Waals surface area contributed by atoms with Crippen molar-refractivity contribution in [2.45, 2.75) is 59.0 Å². The summed E-state index contributed by atoms with van der Waals surface area (Å²) in [6.45, 7) is 8.24. The molecule has 0 aromatic carbocycles. The maximum atomic E-state index is 5.70. The zero-order chi connectivity index (χ0) is 13.7. The highest BCUT2D eigenvalue weighted by atomic mass is 16.5. The van der Waals surface area contributed by atoms with Gasteiger partial charge in [0.1, 0.15) is 0 Å². The molecular formula is C16H26N2O. The van der Waals surface area contributed by atoms with Crippen LogP contribution in [-0.4, -0.2) is 17.6 Å². The van der Waals surface area contributed by atoms with Crippen LogP contribution in [0.2, 0.25) is 0 Å². The molecule has 3 heteroatoms. The second kappa shape index (κ2) is 6.90. The average molecular weight is 262 g/mol. The Hall–Kier alpha value is -1.09. The maximum absolute atomic E-state index is 5.70. The van der Waals surface area contributed by atoms with Crippen molar-refractivity contribution < 1.29 is 4.74 Å². The van der Waals surface area contributed by atoms with Gasteiger partial charge in [0.05, 0.1) is 6.61 Å². The fourth-order valence-corrected chi connectivity index (χ4v) is 2.04. The van der Waals surface area contributed by atoms with E-state index < -0.39 is 0 Å². The van der Waals surface area contributed by atoms with Gasteiger partial charge in [0.15, 0.2) is 0 Å². The number of aromatic nitrogens is 1. The van der Waals surface area contributed by atoms with Gasteiger partial charge in [-0.1, -0.05) is 19.9 Å². The normalized spacial score (nSPS) is 14.9. The molecule has 106 valence electrons. The lowest BCUT2D eigenvalue weighted by molar-refractivity contribution is 0.286. The molecule has 0 spiro atoms. The van der Waals surface area contributed by atoms with Crippen LogP contribution in [0.15, 0.2) is 12.1 Å². The third kappa shape index (κ3) is 5.19. The van der Waals surface area contributed by atoms with Crippen LogP contribution >= 0.6 is 0 Å². The first-order chi connectivity index (χ1) is 9.15. The average Bonchev–Trinajstić information content (AvgIpc) is 3.17. The summed E-state index contributed by atoms with van der Waals surface area (Å²) in [5.41, 5.74) is 2.36. The van der Waals surface area contributed by atoms with Crippen molar-refractivity contribution in [1.82, 2.24) is 10.3 Å². The van der Waals surface area contributed by atoms with Gasteiger partial charge >= 0.3 is 0 Å². The lowest BCUT2D eigenvalue weighted by Crippen LogP contribution is -2.16. The van der Waals surface area contributed by atoms with Gasteiger partial charge in [0.25, 0.3) is 0 Å². The molecule has 1 N–H and O–H groups in total. The fraction of sp³-hybridized carbons (Fsp3) is 0.688. The summed E-state index contributed by atoms with van der Waals surface area (Å²) >= 11 is 0. The molecule has 1 fully saturated rings. The third-order valence-electron chi connectivity index (χ3n) is 3.50.